The van der Waals surface area contributed by atoms with Gasteiger partial charge in [0.2, 0.25) is 5.91 Å². The van der Waals surface area contributed by atoms with Crippen LogP contribution in [0.3, 0.4) is 0 Å². The fraction of sp³-hybridized carbons (Fsp3) is 0.382. The standard InChI is InChI=1S/C34H40N2O5/c1-34(2,3)36(32(38)26-13-10-14-26)21-22-41-27-19-17-24(18-20-27)23-30(33(39)40-4)35-29-16-9-8-15-28(29)31(37)25-11-6-5-7-12-25/h5-9,11-12,15-20,26,30,35H,10,13-14,21-23H2,1-4H3/t30-/m0/s1. The zero-order chi connectivity index (χ0) is 29.4. The van der Waals surface area contributed by atoms with Crippen LogP contribution in [0.2, 0.25) is 0 Å². The molecule has 0 aliphatic heterocycles. The lowest BCUT2D eigenvalue weighted by atomic mass is 9.83. The van der Waals surface area contributed by atoms with Gasteiger partial charge >= 0.3 is 5.97 Å². The van der Waals surface area contributed by atoms with Gasteiger partial charge in [0.25, 0.3) is 0 Å². The van der Waals surface area contributed by atoms with Crippen molar-refractivity contribution in [1.29, 1.82) is 0 Å². The lowest BCUT2D eigenvalue weighted by Gasteiger charge is -2.40. The Hall–Kier alpha value is -4.13. The molecule has 1 N–H and O–H groups in total. The summed E-state index contributed by atoms with van der Waals surface area (Å²) >= 11 is 0. The van der Waals surface area contributed by atoms with Crippen LogP contribution >= 0.6 is 0 Å². The van der Waals surface area contributed by atoms with Gasteiger partial charge < -0.3 is 19.7 Å². The normalized spacial score (nSPS) is 14.0. The van der Waals surface area contributed by atoms with E-state index in [1.807, 2.05) is 53.4 Å². The number of rotatable bonds is 12. The number of benzene rings is 3. The largest absolute Gasteiger partial charge is 0.492 e. The monoisotopic (exact) mass is 556 g/mol. The van der Waals surface area contributed by atoms with Gasteiger partial charge in [-0.2, -0.15) is 0 Å². The number of ether oxygens (including phenoxy) is 2. The number of para-hydroxylation sites is 1. The quantitative estimate of drug-likeness (QED) is 0.220. The van der Waals surface area contributed by atoms with E-state index in [2.05, 4.69) is 26.1 Å². The van der Waals surface area contributed by atoms with Crippen LogP contribution in [0.5, 0.6) is 5.75 Å². The molecule has 216 valence electrons. The fourth-order valence-corrected chi connectivity index (χ4v) is 4.94. The number of esters is 1. The lowest BCUT2D eigenvalue weighted by molar-refractivity contribution is -0.143. The summed E-state index contributed by atoms with van der Waals surface area (Å²) < 4.78 is 11.1. The van der Waals surface area contributed by atoms with E-state index in [1.54, 1.807) is 30.3 Å². The van der Waals surface area contributed by atoms with E-state index in [0.29, 0.717) is 42.1 Å². The number of hydrogen-bond donors (Lipinski definition) is 1. The number of ketones is 1. The Morgan fingerprint density at radius 3 is 2.20 bits per heavy atom. The molecule has 0 bridgehead atoms. The molecule has 1 saturated carbocycles. The van der Waals surface area contributed by atoms with Gasteiger partial charge in [0.15, 0.2) is 5.78 Å². The second-order valence-corrected chi connectivity index (χ2v) is 11.4. The highest BCUT2D eigenvalue weighted by Crippen LogP contribution is 2.30. The summed E-state index contributed by atoms with van der Waals surface area (Å²) in [5, 5.41) is 3.24. The molecule has 0 radical (unpaired) electrons. The Morgan fingerprint density at radius 2 is 1.59 bits per heavy atom. The van der Waals surface area contributed by atoms with Crippen molar-refractivity contribution in [3.63, 3.8) is 0 Å². The summed E-state index contributed by atoms with van der Waals surface area (Å²) in [6.45, 7) is 7.09. The van der Waals surface area contributed by atoms with Crippen molar-refractivity contribution >= 4 is 23.3 Å². The van der Waals surface area contributed by atoms with Gasteiger partial charge in [-0.3, -0.25) is 9.59 Å². The minimum Gasteiger partial charge on any atom is -0.492 e. The Bertz CT molecular complexity index is 1330. The van der Waals surface area contributed by atoms with Crippen LogP contribution in [0.1, 0.15) is 61.5 Å². The van der Waals surface area contributed by atoms with Gasteiger partial charge in [-0.15, -0.1) is 0 Å². The third kappa shape index (κ3) is 7.75. The van der Waals surface area contributed by atoms with E-state index in [0.717, 1.165) is 24.8 Å². The molecule has 0 heterocycles. The molecule has 3 aromatic rings. The van der Waals surface area contributed by atoms with Crippen molar-refractivity contribution in [2.75, 3.05) is 25.6 Å². The zero-order valence-corrected chi connectivity index (χ0v) is 24.4. The van der Waals surface area contributed by atoms with Gasteiger partial charge in [-0.05, 0) is 63.4 Å². The van der Waals surface area contributed by atoms with Crippen LogP contribution in [0, 0.1) is 5.92 Å². The maximum atomic E-state index is 13.2. The Morgan fingerprint density at radius 1 is 0.927 bits per heavy atom. The van der Waals surface area contributed by atoms with Crippen LogP contribution < -0.4 is 10.1 Å². The number of nitrogens with zero attached hydrogens (tertiary/aromatic N) is 1. The van der Waals surface area contributed by atoms with Crippen LogP contribution in [-0.4, -0.2) is 54.4 Å². The molecule has 7 nitrogen and oxygen atoms in total. The first-order chi connectivity index (χ1) is 19.7. The molecule has 3 aromatic carbocycles. The number of nitrogens with one attached hydrogen (secondary N) is 1. The average molecular weight is 557 g/mol. The molecule has 4 rings (SSSR count). The zero-order valence-electron chi connectivity index (χ0n) is 24.4. The van der Waals surface area contributed by atoms with Crippen LogP contribution in [0.25, 0.3) is 0 Å². The average Bonchev–Trinajstić information content (AvgIpc) is 2.94. The Balaban J connectivity index is 1.39. The Labute approximate surface area is 242 Å². The molecule has 7 heteroatoms. The van der Waals surface area contributed by atoms with Gasteiger partial charge in [0.05, 0.1) is 13.7 Å². The molecule has 1 amide bonds. The van der Waals surface area contributed by atoms with Gasteiger partial charge in [-0.25, -0.2) is 4.79 Å². The molecule has 0 unspecified atom stereocenters. The summed E-state index contributed by atoms with van der Waals surface area (Å²) in [5.74, 6) is 0.508. The van der Waals surface area contributed by atoms with E-state index in [9.17, 15) is 14.4 Å². The van der Waals surface area contributed by atoms with Crippen molar-refractivity contribution in [3.8, 4) is 5.75 Å². The van der Waals surface area contributed by atoms with Crippen molar-refractivity contribution in [2.45, 2.75) is 58.0 Å². The highest BCUT2D eigenvalue weighted by molar-refractivity contribution is 6.12. The number of amides is 1. The number of anilines is 1. The molecule has 1 aliphatic rings. The van der Waals surface area contributed by atoms with Gasteiger partial charge in [-0.1, -0.05) is 61.0 Å². The van der Waals surface area contributed by atoms with Crippen molar-refractivity contribution in [2.24, 2.45) is 5.92 Å². The predicted octanol–water partition coefficient (Wildman–Crippen LogP) is 5.92. The number of methoxy groups -OCH3 is 1. The van der Waals surface area contributed by atoms with E-state index in [1.165, 1.54) is 7.11 Å². The van der Waals surface area contributed by atoms with E-state index in [-0.39, 0.29) is 23.1 Å². The van der Waals surface area contributed by atoms with E-state index < -0.39 is 12.0 Å². The summed E-state index contributed by atoms with van der Waals surface area (Å²) in [6, 6.07) is 23.1. The van der Waals surface area contributed by atoms with Gasteiger partial charge in [0, 0.05) is 34.7 Å². The molecular formula is C34H40N2O5. The molecular weight excluding hydrogens is 516 g/mol. The third-order valence-electron chi connectivity index (χ3n) is 7.50. The molecule has 0 spiro atoms. The highest BCUT2D eigenvalue weighted by Gasteiger charge is 2.34. The van der Waals surface area contributed by atoms with Crippen LogP contribution in [0.4, 0.5) is 5.69 Å². The van der Waals surface area contributed by atoms with E-state index in [4.69, 9.17) is 9.47 Å². The van der Waals surface area contributed by atoms with Crippen molar-refractivity contribution < 1.29 is 23.9 Å². The first-order valence-electron chi connectivity index (χ1n) is 14.2. The van der Waals surface area contributed by atoms with E-state index >= 15 is 0 Å². The second-order valence-electron chi connectivity index (χ2n) is 11.4. The molecule has 41 heavy (non-hydrogen) atoms. The molecule has 0 saturated heterocycles. The predicted molar refractivity (Wildman–Crippen MR) is 160 cm³/mol. The molecule has 1 aliphatic carbocycles. The summed E-state index contributed by atoms with van der Waals surface area (Å²) in [7, 11) is 1.35. The minimum atomic E-state index is -0.700. The van der Waals surface area contributed by atoms with Crippen LogP contribution in [0.15, 0.2) is 78.9 Å². The number of hydrogen-bond acceptors (Lipinski definition) is 6. The fourth-order valence-electron chi connectivity index (χ4n) is 4.94. The summed E-state index contributed by atoms with van der Waals surface area (Å²) in [6.07, 6.45) is 3.44. The smallest absolute Gasteiger partial charge is 0.328 e. The van der Waals surface area contributed by atoms with Crippen molar-refractivity contribution in [3.05, 3.63) is 95.6 Å². The van der Waals surface area contributed by atoms with Gasteiger partial charge in [0.1, 0.15) is 18.4 Å². The molecule has 0 aromatic heterocycles. The number of carbonyl (C=O) groups is 3. The topological polar surface area (TPSA) is 84.9 Å². The lowest BCUT2D eigenvalue weighted by Crippen LogP contribution is -2.51. The number of carbonyl (C=O) groups excluding carboxylic acids is 3. The minimum absolute atomic E-state index is 0.127. The SMILES string of the molecule is COC(=O)[C@H](Cc1ccc(OCCN(C(=O)C2CCC2)C(C)(C)C)cc1)Nc1ccccc1C(=O)c1ccccc1. The Kier molecular flexibility index (Phi) is 9.82. The first-order valence-corrected chi connectivity index (χ1v) is 14.2. The summed E-state index contributed by atoms with van der Waals surface area (Å²) in [4.78, 5) is 40.7. The summed E-state index contributed by atoms with van der Waals surface area (Å²) in [5.41, 5.74) is 2.27. The third-order valence-corrected chi connectivity index (χ3v) is 7.50. The maximum absolute atomic E-state index is 13.2. The molecule has 1 fully saturated rings. The second kappa shape index (κ2) is 13.5. The van der Waals surface area contributed by atoms with Crippen LogP contribution in [-0.2, 0) is 20.7 Å². The highest BCUT2D eigenvalue weighted by atomic mass is 16.5. The maximum Gasteiger partial charge on any atom is 0.328 e. The van der Waals surface area contributed by atoms with Crippen molar-refractivity contribution in [1.82, 2.24) is 4.90 Å². The first kappa shape index (κ1) is 29.8. The molecule has 1 atom stereocenters.